The van der Waals surface area contributed by atoms with Crippen LogP contribution in [-0.2, 0) is 0 Å². The van der Waals surface area contributed by atoms with E-state index < -0.39 is 4.92 Å². The Hall–Kier alpha value is -1.92. The number of aryl methyl sites for hydroxylation is 1. The molecular weight excluding hydrogens is 246 g/mol. The summed E-state index contributed by atoms with van der Waals surface area (Å²) >= 11 is 0. The third-order valence-corrected chi connectivity index (χ3v) is 3.33. The van der Waals surface area contributed by atoms with Crippen LogP contribution in [0.3, 0.4) is 0 Å². The molecule has 7 heteroatoms. The lowest BCUT2D eigenvalue weighted by Gasteiger charge is -2.20. The highest BCUT2D eigenvalue weighted by Gasteiger charge is 2.24. The second-order valence-electron chi connectivity index (χ2n) is 4.66. The Kier molecular flexibility index (Phi) is 5.02. The third-order valence-electron chi connectivity index (χ3n) is 3.33. The van der Waals surface area contributed by atoms with Crippen LogP contribution in [0.2, 0.25) is 0 Å². The number of nitrogens with one attached hydrogen (secondary N) is 2. The molecule has 2 atom stereocenters. The van der Waals surface area contributed by atoms with Crippen molar-refractivity contribution in [2.75, 3.05) is 17.7 Å². The molecule has 1 heterocycles. The summed E-state index contributed by atoms with van der Waals surface area (Å²) in [7, 11) is 1.68. The van der Waals surface area contributed by atoms with Gasteiger partial charge < -0.3 is 10.6 Å². The number of anilines is 2. The van der Waals surface area contributed by atoms with Gasteiger partial charge in [-0.25, -0.2) is 4.98 Å². The van der Waals surface area contributed by atoms with E-state index >= 15 is 0 Å². The zero-order valence-electron chi connectivity index (χ0n) is 12.0. The van der Waals surface area contributed by atoms with Crippen LogP contribution < -0.4 is 10.6 Å². The van der Waals surface area contributed by atoms with Crippen molar-refractivity contribution in [1.29, 1.82) is 0 Å². The van der Waals surface area contributed by atoms with Crippen molar-refractivity contribution in [3.05, 3.63) is 15.8 Å². The first-order chi connectivity index (χ1) is 8.90. The van der Waals surface area contributed by atoms with Crippen LogP contribution in [-0.4, -0.2) is 28.0 Å². The number of nitro groups is 1. The van der Waals surface area contributed by atoms with Gasteiger partial charge in [0.05, 0.1) is 4.92 Å². The molecule has 0 spiro atoms. The SMILES string of the molecule is CCC(C)C(C)Nc1nc(NC)nc(C)c1[N+](=O)[O-]. The number of rotatable bonds is 6. The summed E-state index contributed by atoms with van der Waals surface area (Å²) < 4.78 is 0. The topological polar surface area (TPSA) is 93.0 Å². The standard InChI is InChI=1S/C12H21N5O2/c1-6-7(2)8(3)14-11-10(17(18)19)9(4)15-12(13-5)16-11/h7-8H,6H2,1-5H3,(H2,13,14,15,16). The van der Waals surface area contributed by atoms with E-state index in [4.69, 9.17) is 0 Å². The molecule has 0 radical (unpaired) electrons. The Morgan fingerprint density at radius 1 is 1.37 bits per heavy atom. The van der Waals surface area contributed by atoms with Crippen LogP contribution in [0.5, 0.6) is 0 Å². The van der Waals surface area contributed by atoms with Crippen molar-refractivity contribution < 1.29 is 4.92 Å². The largest absolute Gasteiger partial charge is 0.361 e. The average Bonchev–Trinajstić information content (AvgIpc) is 2.36. The maximum Gasteiger partial charge on any atom is 0.332 e. The fourth-order valence-corrected chi connectivity index (χ4v) is 1.71. The van der Waals surface area contributed by atoms with E-state index in [9.17, 15) is 10.1 Å². The molecule has 0 bridgehead atoms. The maximum absolute atomic E-state index is 11.1. The summed E-state index contributed by atoms with van der Waals surface area (Å²) in [4.78, 5) is 18.9. The van der Waals surface area contributed by atoms with Crippen LogP contribution in [0, 0.1) is 23.0 Å². The molecule has 0 aromatic carbocycles. The normalized spacial score (nSPS) is 13.7. The van der Waals surface area contributed by atoms with Gasteiger partial charge >= 0.3 is 5.69 Å². The van der Waals surface area contributed by atoms with Crippen molar-refractivity contribution in [1.82, 2.24) is 9.97 Å². The first-order valence-corrected chi connectivity index (χ1v) is 6.38. The molecule has 19 heavy (non-hydrogen) atoms. The lowest BCUT2D eigenvalue weighted by Crippen LogP contribution is -2.25. The molecule has 1 aromatic heterocycles. The first kappa shape index (κ1) is 15.1. The smallest absolute Gasteiger partial charge is 0.332 e. The Labute approximate surface area is 113 Å². The summed E-state index contributed by atoms with van der Waals surface area (Å²) in [5.41, 5.74) is 0.289. The maximum atomic E-state index is 11.1. The van der Waals surface area contributed by atoms with Crippen molar-refractivity contribution >= 4 is 17.5 Å². The molecule has 0 aliphatic carbocycles. The van der Waals surface area contributed by atoms with Crippen LogP contribution >= 0.6 is 0 Å². The summed E-state index contributed by atoms with van der Waals surface area (Å²) in [6.07, 6.45) is 0.991. The summed E-state index contributed by atoms with van der Waals surface area (Å²) in [5.74, 6) is 1.05. The van der Waals surface area contributed by atoms with Gasteiger partial charge in [0.25, 0.3) is 0 Å². The van der Waals surface area contributed by atoms with Gasteiger partial charge in [-0.05, 0) is 19.8 Å². The predicted octanol–water partition coefficient (Wildman–Crippen LogP) is 2.58. The van der Waals surface area contributed by atoms with Crippen LogP contribution in [0.4, 0.5) is 17.5 Å². The van der Waals surface area contributed by atoms with E-state index in [-0.39, 0.29) is 17.5 Å². The van der Waals surface area contributed by atoms with Crippen molar-refractivity contribution in [3.8, 4) is 0 Å². The average molecular weight is 267 g/mol. The highest BCUT2D eigenvalue weighted by Crippen LogP contribution is 2.28. The minimum absolute atomic E-state index is 0.0610. The van der Waals surface area contributed by atoms with E-state index in [2.05, 4.69) is 34.4 Å². The van der Waals surface area contributed by atoms with Gasteiger partial charge in [0, 0.05) is 13.1 Å². The monoisotopic (exact) mass is 267 g/mol. The van der Waals surface area contributed by atoms with E-state index in [1.807, 2.05) is 6.92 Å². The molecule has 2 unspecified atom stereocenters. The molecule has 1 aromatic rings. The number of hydrogen-bond donors (Lipinski definition) is 2. The summed E-state index contributed by atoms with van der Waals surface area (Å²) in [5, 5.41) is 17.1. The predicted molar refractivity (Wildman–Crippen MR) is 75.5 cm³/mol. The van der Waals surface area contributed by atoms with Gasteiger partial charge in [0.1, 0.15) is 5.69 Å². The van der Waals surface area contributed by atoms with Gasteiger partial charge in [-0.15, -0.1) is 0 Å². The number of aromatic nitrogens is 2. The van der Waals surface area contributed by atoms with Gasteiger partial charge in [0.2, 0.25) is 11.8 Å². The van der Waals surface area contributed by atoms with Crippen LogP contribution in [0.25, 0.3) is 0 Å². The Balaban J connectivity index is 3.16. The lowest BCUT2D eigenvalue weighted by molar-refractivity contribution is -0.385. The van der Waals surface area contributed by atoms with E-state index in [0.29, 0.717) is 17.6 Å². The van der Waals surface area contributed by atoms with Gasteiger partial charge in [0.15, 0.2) is 0 Å². The fraction of sp³-hybridized carbons (Fsp3) is 0.667. The highest BCUT2D eigenvalue weighted by atomic mass is 16.6. The second-order valence-corrected chi connectivity index (χ2v) is 4.66. The Morgan fingerprint density at radius 2 is 2.00 bits per heavy atom. The summed E-state index contributed by atoms with van der Waals surface area (Å²) in [6.45, 7) is 7.78. The molecule has 0 amide bonds. The molecular formula is C12H21N5O2. The molecule has 0 aliphatic heterocycles. The van der Waals surface area contributed by atoms with Gasteiger partial charge in [-0.3, -0.25) is 10.1 Å². The molecule has 0 aliphatic rings. The fourth-order valence-electron chi connectivity index (χ4n) is 1.71. The number of nitrogens with zero attached hydrogens (tertiary/aromatic N) is 3. The Morgan fingerprint density at radius 3 is 2.47 bits per heavy atom. The molecule has 0 fully saturated rings. The molecule has 106 valence electrons. The second kappa shape index (κ2) is 6.31. The molecule has 1 rings (SSSR count). The van der Waals surface area contributed by atoms with Crippen molar-refractivity contribution in [2.45, 2.75) is 40.2 Å². The van der Waals surface area contributed by atoms with E-state index in [0.717, 1.165) is 6.42 Å². The van der Waals surface area contributed by atoms with Crippen molar-refractivity contribution in [3.63, 3.8) is 0 Å². The quantitative estimate of drug-likeness (QED) is 0.608. The zero-order chi connectivity index (χ0) is 14.6. The van der Waals surface area contributed by atoms with E-state index in [1.165, 1.54) is 0 Å². The van der Waals surface area contributed by atoms with Crippen LogP contribution in [0.15, 0.2) is 0 Å². The summed E-state index contributed by atoms with van der Waals surface area (Å²) in [6, 6.07) is 0.0997. The molecule has 7 nitrogen and oxygen atoms in total. The van der Waals surface area contributed by atoms with Gasteiger partial charge in [-0.1, -0.05) is 20.3 Å². The minimum Gasteiger partial charge on any atom is -0.361 e. The molecule has 0 saturated heterocycles. The molecule has 0 saturated carbocycles. The van der Waals surface area contributed by atoms with Gasteiger partial charge in [-0.2, -0.15) is 4.98 Å². The lowest BCUT2D eigenvalue weighted by atomic mass is 10.0. The Bertz CT molecular complexity index is 464. The van der Waals surface area contributed by atoms with E-state index in [1.54, 1.807) is 14.0 Å². The minimum atomic E-state index is -0.444. The zero-order valence-corrected chi connectivity index (χ0v) is 12.0. The number of hydrogen-bond acceptors (Lipinski definition) is 6. The van der Waals surface area contributed by atoms with Crippen molar-refractivity contribution in [2.24, 2.45) is 5.92 Å². The molecule has 2 N–H and O–H groups in total. The van der Waals surface area contributed by atoms with Crippen LogP contribution in [0.1, 0.15) is 32.9 Å². The first-order valence-electron chi connectivity index (χ1n) is 6.38. The third kappa shape index (κ3) is 3.52. The highest BCUT2D eigenvalue weighted by molar-refractivity contribution is 5.61.